The molecular formula is C25H24N2OS. The summed E-state index contributed by atoms with van der Waals surface area (Å²) in [7, 11) is 0. The number of hydrogen-bond acceptors (Lipinski definition) is 3. The van der Waals surface area contributed by atoms with Crippen LogP contribution >= 0.6 is 11.3 Å². The maximum absolute atomic E-state index is 13.7. The fraction of sp³-hybridized carbons (Fsp3) is 0.280. The summed E-state index contributed by atoms with van der Waals surface area (Å²) in [5.41, 5.74) is 4.82. The zero-order valence-corrected chi connectivity index (χ0v) is 17.5. The molecule has 0 saturated heterocycles. The van der Waals surface area contributed by atoms with E-state index >= 15 is 0 Å². The maximum Gasteiger partial charge on any atom is 0.262 e. The van der Waals surface area contributed by atoms with Gasteiger partial charge in [0, 0.05) is 17.0 Å². The highest BCUT2D eigenvalue weighted by Gasteiger charge is 2.22. The Labute approximate surface area is 174 Å². The number of hydrogen-bond donors (Lipinski definition) is 0. The van der Waals surface area contributed by atoms with E-state index in [1.54, 1.807) is 11.3 Å². The van der Waals surface area contributed by atoms with E-state index in [-0.39, 0.29) is 5.56 Å². The van der Waals surface area contributed by atoms with Crippen LogP contribution in [0.25, 0.3) is 21.6 Å². The van der Waals surface area contributed by atoms with Crippen molar-refractivity contribution in [2.45, 2.75) is 45.6 Å². The van der Waals surface area contributed by atoms with E-state index in [2.05, 4.69) is 49.4 Å². The van der Waals surface area contributed by atoms with Crippen molar-refractivity contribution in [3.05, 3.63) is 86.5 Å². The summed E-state index contributed by atoms with van der Waals surface area (Å²) in [6, 6.07) is 18.7. The third-order valence-electron chi connectivity index (χ3n) is 5.82. The molecule has 0 bridgehead atoms. The lowest BCUT2D eigenvalue weighted by atomic mass is 9.97. The predicted octanol–water partition coefficient (Wildman–Crippen LogP) is 5.55. The summed E-state index contributed by atoms with van der Waals surface area (Å²) >= 11 is 1.73. The Morgan fingerprint density at radius 1 is 1.03 bits per heavy atom. The molecule has 0 radical (unpaired) electrons. The molecule has 0 unspecified atom stereocenters. The number of aryl methyl sites for hydroxylation is 4. The standard InChI is InChI=1S/C25H24N2OS/c1-17-8-7-11-19(16-17)23-26-24-22(20-12-5-6-13-21(20)29-24)25(28)27(23)15-14-18-9-3-2-4-10-18/h2-4,7-11,16H,5-6,12-15H2,1H3. The van der Waals surface area contributed by atoms with Crippen molar-refractivity contribution >= 4 is 21.6 Å². The zero-order valence-electron chi connectivity index (χ0n) is 16.6. The Morgan fingerprint density at radius 3 is 2.69 bits per heavy atom. The average molecular weight is 401 g/mol. The monoisotopic (exact) mass is 400 g/mol. The van der Waals surface area contributed by atoms with Gasteiger partial charge in [-0.15, -0.1) is 11.3 Å². The van der Waals surface area contributed by atoms with Crippen molar-refractivity contribution in [3.8, 4) is 11.4 Å². The summed E-state index contributed by atoms with van der Waals surface area (Å²) in [6.07, 6.45) is 5.29. The van der Waals surface area contributed by atoms with Gasteiger partial charge < -0.3 is 0 Å². The second kappa shape index (κ2) is 7.60. The van der Waals surface area contributed by atoms with Gasteiger partial charge in [-0.05, 0) is 56.2 Å². The van der Waals surface area contributed by atoms with E-state index in [4.69, 9.17) is 4.98 Å². The van der Waals surface area contributed by atoms with Crippen LogP contribution < -0.4 is 5.56 Å². The first-order valence-corrected chi connectivity index (χ1v) is 11.2. The fourth-order valence-corrected chi connectivity index (χ4v) is 5.59. The third-order valence-corrected chi connectivity index (χ3v) is 7.00. The molecule has 29 heavy (non-hydrogen) atoms. The minimum absolute atomic E-state index is 0.127. The molecule has 2 heterocycles. The molecular weight excluding hydrogens is 376 g/mol. The highest BCUT2D eigenvalue weighted by Crippen LogP contribution is 2.35. The van der Waals surface area contributed by atoms with Gasteiger partial charge in [0.1, 0.15) is 10.7 Å². The smallest absolute Gasteiger partial charge is 0.262 e. The lowest BCUT2D eigenvalue weighted by Crippen LogP contribution is -2.25. The molecule has 4 heteroatoms. The second-order valence-corrected chi connectivity index (χ2v) is 8.97. The third kappa shape index (κ3) is 3.42. The first kappa shape index (κ1) is 18.3. The molecule has 0 N–H and O–H groups in total. The Balaban J connectivity index is 1.69. The molecule has 1 aliphatic rings. The molecule has 0 amide bonds. The quantitative estimate of drug-likeness (QED) is 0.450. The van der Waals surface area contributed by atoms with E-state index in [1.165, 1.54) is 34.4 Å². The highest BCUT2D eigenvalue weighted by molar-refractivity contribution is 7.18. The summed E-state index contributed by atoms with van der Waals surface area (Å²) in [5.74, 6) is 0.792. The van der Waals surface area contributed by atoms with Gasteiger partial charge >= 0.3 is 0 Å². The number of fused-ring (bicyclic) bond motifs is 3. The largest absolute Gasteiger partial charge is 0.292 e. The Kier molecular flexibility index (Phi) is 4.80. The minimum atomic E-state index is 0.127. The minimum Gasteiger partial charge on any atom is -0.292 e. The molecule has 5 rings (SSSR count). The highest BCUT2D eigenvalue weighted by atomic mass is 32.1. The molecule has 0 atom stereocenters. The van der Waals surface area contributed by atoms with Gasteiger partial charge in [-0.1, -0.05) is 54.1 Å². The Hall–Kier alpha value is -2.72. The van der Waals surface area contributed by atoms with Crippen molar-refractivity contribution in [1.29, 1.82) is 0 Å². The van der Waals surface area contributed by atoms with Crippen LogP contribution in [0.4, 0.5) is 0 Å². The number of benzene rings is 2. The zero-order chi connectivity index (χ0) is 19.8. The second-order valence-electron chi connectivity index (χ2n) is 7.89. The van der Waals surface area contributed by atoms with Crippen molar-refractivity contribution in [1.82, 2.24) is 9.55 Å². The molecule has 0 saturated carbocycles. The lowest BCUT2D eigenvalue weighted by Gasteiger charge is -2.14. The van der Waals surface area contributed by atoms with Gasteiger partial charge in [0.05, 0.1) is 5.39 Å². The average Bonchev–Trinajstić information content (AvgIpc) is 3.12. The van der Waals surface area contributed by atoms with Crippen LogP contribution in [-0.4, -0.2) is 9.55 Å². The van der Waals surface area contributed by atoms with Gasteiger partial charge in [0.2, 0.25) is 0 Å². The molecule has 146 valence electrons. The normalized spacial score (nSPS) is 13.6. The number of aromatic nitrogens is 2. The number of rotatable bonds is 4. The summed E-state index contributed by atoms with van der Waals surface area (Å²) in [5, 5.41) is 0.870. The summed E-state index contributed by atoms with van der Waals surface area (Å²) < 4.78 is 1.91. The number of nitrogens with zero attached hydrogens (tertiary/aromatic N) is 2. The molecule has 4 aromatic rings. The molecule has 0 aliphatic heterocycles. The van der Waals surface area contributed by atoms with Gasteiger partial charge in [-0.2, -0.15) is 0 Å². The number of thiophene rings is 1. The van der Waals surface area contributed by atoms with E-state index in [0.29, 0.717) is 6.54 Å². The predicted molar refractivity (Wildman–Crippen MR) is 121 cm³/mol. The van der Waals surface area contributed by atoms with Crippen molar-refractivity contribution in [2.24, 2.45) is 0 Å². The van der Waals surface area contributed by atoms with Crippen molar-refractivity contribution in [2.75, 3.05) is 0 Å². The maximum atomic E-state index is 13.7. The van der Waals surface area contributed by atoms with Crippen LogP contribution in [0.1, 0.15) is 34.4 Å². The van der Waals surface area contributed by atoms with Crippen LogP contribution in [0.3, 0.4) is 0 Å². The van der Waals surface area contributed by atoms with E-state index in [0.717, 1.165) is 40.9 Å². The van der Waals surface area contributed by atoms with Crippen LogP contribution in [-0.2, 0) is 25.8 Å². The molecule has 0 spiro atoms. The molecule has 1 aliphatic carbocycles. The Bertz CT molecular complexity index is 1240. The van der Waals surface area contributed by atoms with Gasteiger partial charge in [0.25, 0.3) is 5.56 Å². The van der Waals surface area contributed by atoms with E-state index in [9.17, 15) is 4.79 Å². The fourth-order valence-electron chi connectivity index (χ4n) is 4.34. The molecule has 3 nitrogen and oxygen atoms in total. The Morgan fingerprint density at radius 2 is 1.86 bits per heavy atom. The van der Waals surface area contributed by atoms with Crippen LogP contribution in [0.2, 0.25) is 0 Å². The van der Waals surface area contributed by atoms with Crippen LogP contribution in [0, 0.1) is 6.92 Å². The van der Waals surface area contributed by atoms with Crippen LogP contribution in [0.5, 0.6) is 0 Å². The van der Waals surface area contributed by atoms with Gasteiger partial charge in [-0.25, -0.2) is 4.98 Å². The van der Waals surface area contributed by atoms with Crippen LogP contribution in [0.15, 0.2) is 59.4 Å². The van der Waals surface area contributed by atoms with Crippen molar-refractivity contribution in [3.63, 3.8) is 0 Å². The van der Waals surface area contributed by atoms with Crippen molar-refractivity contribution < 1.29 is 0 Å². The first-order valence-electron chi connectivity index (χ1n) is 10.4. The SMILES string of the molecule is Cc1cccc(-c2nc3sc4c(c3c(=O)n2CCc2ccccc2)CCCC4)c1. The molecule has 0 fully saturated rings. The van der Waals surface area contributed by atoms with E-state index < -0.39 is 0 Å². The first-order chi connectivity index (χ1) is 14.2. The summed E-state index contributed by atoms with van der Waals surface area (Å²) in [6.45, 7) is 2.72. The van der Waals surface area contributed by atoms with Gasteiger partial charge in [0.15, 0.2) is 0 Å². The summed E-state index contributed by atoms with van der Waals surface area (Å²) in [4.78, 5) is 21.0. The molecule has 2 aromatic carbocycles. The topological polar surface area (TPSA) is 34.9 Å². The molecule has 2 aromatic heterocycles. The van der Waals surface area contributed by atoms with E-state index in [1.807, 2.05) is 16.7 Å². The van der Waals surface area contributed by atoms with Gasteiger partial charge in [-0.3, -0.25) is 9.36 Å². The lowest BCUT2D eigenvalue weighted by molar-refractivity contribution is 0.668.